The summed E-state index contributed by atoms with van der Waals surface area (Å²) >= 11 is 6.64. The van der Waals surface area contributed by atoms with Crippen molar-refractivity contribution in [3.8, 4) is 0 Å². The zero-order valence-corrected chi connectivity index (χ0v) is 17.8. The van der Waals surface area contributed by atoms with E-state index < -0.39 is 11.8 Å². The van der Waals surface area contributed by atoms with E-state index in [-0.39, 0.29) is 11.1 Å². The van der Waals surface area contributed by atoms with E-state index in [0.717, 1.165) is 22.9 Å². The molecule has 1 aliphatic rings. The summed E-state index contributed by atoms with van der Waals surface area (Å²) < 4.78 is 1.80. The number of carbonyl (C=O) groups is 2. The Kier molecular flexibility index (Phi) is 4.61. The minimum absolute atomic E-state index is 0.272. The highest BCUT2D eigenvalue weighted by atomic mass is 35.5. The van der Waals surface area contributed by atoms with E-state index in [1.807, 2.05) is 56.7 Å². The first-order chi connectivity index (χ1) is 14.9. The summed E-state index contributed by atoms with van der Waals surface area (Å²) in [4.78, 5) is 32.3. The number of hydrogen-bond donors (Lipinski definition) is 1. The molecule has 0 bridgehead atoms. The minimum atomic E-state index is -0.460. The third kappa shape index (κ3) is 3.21. The van der Waals surface area contributed by atoms with Gasteiger partial charge in [0.15, 0.2) is 0 Å². The number of amides is 2. The van der Waals surface area contributed by atoms with Crippen LogP contribution in [0.5, 0.6) is 0 Å². The fraction of sp³-hybridized carbons (Fsp3) is 0.125. The lowest BCUT2D eigenvalue weighted by Gasteiger charge is -2.14. The van der Waals surface area contributed by atoms with Gasteiger partial charge in [-0.05, 0) is 54.7 Å². The molecule has 0 aliphatic carbocycles. The average molecular weight is 431 g/mol. The van der Waals surface area contributed by atoms with Crippen LogP contribution in [0.25, 0.3) is 27.6 Å². The normalized spacial score (nSPS) is 14.3. The zero-order valence-electron chi connectivity index (χ0n) is 17.0. The Morgan fingerprint density at radius 3 is 2.61 bits per heavy atom. The van der Waals surface area contributed by atoms with Crippen molar-refractivity contribution in [1.29, 1.82) is 0 Å². The first-order valence-corrected chi connectivity index (χ1v) is 10.2. The van der Waals surface area contributed by atoms with E-state index in [1.165, 1.54) is 0 Å². The maximum Gasteiger partial charge on any atom is 0.261 e. The number of nitrogens with one attached hydrogen (secondary N) is 1. The maximum atomic E-state index is 13.0. The number of nitrogens with zero attached hydrogens (tertiary/aromatic N) is 3. The Labute approximate surface area is 183 Å². The van der Waals surface area contributed by atoms with Gasteiger partial charge < -0.3 is 4.90 Å². The molecule has 2 amide bonds. The molecule has 31 heavy (non-hydrogen) atoms. The zero-order chi connectivity index (χ0) is 21.7. The van der Waals surface area contributed by atoms with Crippen LogP contribution < -0.4 is 5.32 Å². The molecule has 5 rings (SSSR count). The van der Waals surface area contributed by atoms with Crippen LogP contribution in [-0.4, -0.2) is 40.2 Å². The number of rotatable bonds is 4. The van der Waals surface area contributed by atoms with Crippen LogP contribution in [0, 0.1) is 0 Å². The third-order valence-electron chi connectivity index (χ3n) is 5.39. The van der Waals surface area contributed by atoms with Gasteiger partial charge in [-0.3, -0.25) is 19.3 Å². The van der Waals surface area contributed by atoms with Crippen molar-refractivity contribution in [2.45, 2.75) is 6.54 Å². The number of imide groups is 1. The van der Waals surface area contributed by atoms with Gasteiger partial charge in [0.25, 0.3) is 11.8 Å². The minimum Gasteiger partial charge on any atom is -0.305 e. The van der Waals surface area contributed by atoms with Gasteiger partial charge in [0, 0.05) is 23.3 Å². The van der Waals surface area contributed by atoms with Crippen molar-refractivity contribution in [2.75, 3.05) is 14.1 Å². The van der Waals surface area contributed by atoms with Gasteiger partial charge in [-0.25, -0.2) is 4.98 Å². The summed E-state index contributed by atoms with van der Waals surface area (Å²) in [7, 11) is 4.00. The Hall–Kier alpha value is -3.48. The Bertz CT molecular complexity index is 1420. The van der Waals surface area contributed by atoms with E-state index in [9.17, 15) is 9.59 Å². The molecular weight excluding hydrogens is 412 g/mol. The Morgan fingerprint density at radius 1 is 1.03 bits per heavy atom. The molecule has 4 aromatic rings. The third-order valence-corrected chi connectivity index (χ3v) is 5.70. The van der Waals surface area contributed by atoms with Crippen molar-refractivity contribution >= 4 is 51.0 Å². The first-order valence-electron chi connectivity index (χ1n) is 9.82. The highest BCUT2D eigenvalue weighted by molar-refractivity contribution is 6.51. The van der Waals surface area contributed by atoms with Gasteiger partial charge in [0.1, 0.15) is 5.65 Å². The second kappa shape index (κ2) is 7.34. The number of aromatic nitrogens is 2. The fourth-order valence-electron chi connectivity index (χ4n) is 4.11. The maximum absolute atomic E-state index is 13.0. The average Bonchev–Trinajstić information content (AvgIpc) is 3.27. The topological polar surface area (TPSA) is 66.7 Å². The van der Waals surface area contributed by atoms with Crippen molar-refractivity contribution in [3.05, 3.63) is 82.8 Å². The van der Waals surface area contributed by atoms with Crippen LogP contribution in [0.2, 0.25) is 5.02 Å². The quantitative estimate of drug-likeness (QED) is 0.500. The predicted molar refractivity (Wildman–Crippen MR) is 122 cm³/mol. The van der Waals surface area contributed by atoms with E-state index in [4.69, 9.17) is 11.6 Å². The SMILES string of the molecule is CN(C)Cc1ccc2ccc(Cl)c(C3=C(c4cnc5ccccn45)C(=O)NC3=O)c2c1. The van der Waals surface area contributed by atoms with Crippen molar-refractivity contribution in [3.63, 3.8) is 0 Å². The molecule has 0 atom stereocenters. The van der Waals surface area contributed by atoms with E-state index in [1.54, 1.807) is 16.7 Å². The van der Waals surface area contributed by atoms with Crippen LogP contribution in [0.15, 0.2) is 60.9 Å². The van der Waals surface area contributed by atoms with Gasteiger partial charge in [-0.2, -0.15) is 0 Å². The molecular formula is C24H19ClN4O2. The van der Waals surface area contributed by atoms with Crippen LogP contribution in [0.1, 0.15) is 16.8 Å². The summed E-state index contributed by atoms with van der Waals surface area (Å²) in [5.74, 6) is -0.915. The van der Waals surface area contributed by atoms with Crippen LogP contribution in [-0.2, 0) is 16.1 Å². The van der Waals surface area contributed by atoms with Crippen molar-refractivity contribution in [2.24, 2.45) is 0 Å². The highest BCUT2D eigenvalue weighted by Crippen LogP contribution is 2.39. The van der Waals surface area contributed by atoms with Gasteiger partial charge >= 0.3 is 0 Å². The smallest absolute Gasteiger partial charge is 0.261 e. The van der Waals surface area contributed by atoms with Gasteiger partial charge in [0.05, 0.1) is 23.0 Å². The second-order valence-electron chi connectivity index (χ2n) is 7.82. The highest BCUT2D eigenvalue weighted by Gasteiger charge is 2.35. The Balaban J connectivity index is 1.83. The molecule has 1 N–H and O–H groups in total. The molecule has 6 nitrogen and oxygen atoms in total. The molecule has 1 aliphatic heterocycles. The molecule has 0 fully saturated rings. The van der Waals surface area contributed by atoms with Crippen LogP contribution >= 0.6 is 11.6 Å². The molecule has 2 aromatic heterocycles. The standard InChI is InChI=1S/C24H19ClN4O2/c1-28(2)13-14-6-7-15-8-9-17(25)20(16(15)11-14)22-21(23(30)27-24(22)31)18-12-26-19-5-3-4-10-29(18)19/h3-12H,13H2,1-2H3,(H,27,30,31). The molecule has 0 spiro atoms. The molecule has 0 saturated heterocycles. The lowest BCUT2D eigenvalue weighted by Crippen LogP contribution is -2.23. The summed E-state index contributed by atoms with van der Waals surface area (Å²) in [6, 6.07) is 15.4. The second-order valence-corrected chi connectivity index (χ2v) is 8.23. The number of fused-ring (bicyclic) bond motifs is 2. The van der Waals surface area contributed by atoms with Crippen LogP contribution in [0.3, 0.4) is 0 Å². The number of halogens is 1. The van der Waals surface area contributed by atoms with Crippen molar-refractivity contribution in [1.82, 2.24) is 19.6 Å². The van der Waals surface area contributed by atoms with E-state index in [2.05, 4.69) is 21.3 Å². The number of pyridine rings is 1. The summed E-state index contributed by atoms with van der Waals surface area (Å²) in [5.41, 5.74) is 3.43. The van der Waals surface area contributed by atoms with Gasteiger partial charge in [-0.15, -0.1) is 0 Å². The molecule has 154 valence electrons. The molecule has 0 radical (unpaired) electrons. The van der Waals surface area contributed by atoms with Crippen LogP contribution in [0.4, 0.5) is 0 Å². The fourth-order valence-corrected chi connectivity index (χ4v) is 4.37. The van der Waals surface area contributed by atoms with E-state index >= 15 is 0 Å². The summed E-state index contributed by atoms with van der Waals surface area (Å²) in [6.07, 6.45) is 3.43. The summed E-state index contributed by atoms with van der Waals surface area (Å²) in [5, 5.41) is 4.64. The predicted octanol–water partition coefficient (Wildman–Crippen LogP) is 3.77. The molecule has 3 heterocycles. The number of hydrogen-bond acceptors (Lipinski definition) is 4. The molecule has 7 heteroatoms. The summed E-state index contributed by atoms with van der Waals surface area (Å²) in [6.45, 7) is 0.742. The van der Waals surface area contributed by atoms with E-state index in [0.29, 0.717) is 21.9 Å². The largest absolute Gasteiger partial charge is 0.305 e. The molecule has 2 aromatic carbocycles. The monoisotopic (exact) mass is 430 g/mol. The molecule has 0 unspecified atom stereocenters. The lowest BCUT2D eigenvalue weighted by molar-refractivity contribution is -0.122. The molecule has 0 saturated carbocycles. The number of carbonyl (C=O) groups excluding carboxylic acids is 2. The van der Waals surface area contributed by atoms with Crippen molar-refractivity contribution < 1.29 is 9.59 Å². The number of benzene rings is 2. The Morgan fingerprint density at radius 2 is 1.81 bits per heavy atom. The number of imidazole rings is 1. The van der Waals surface area contributed by atoms with Gasteiger partial charge in [0.2, 0.25) is 0 Å². The van der Waals surface area contributed by atoms with Gasteiger partial charge in [-0.1, -0.05) is 35.9 Å². The first kappa shape index (κ1) is 19.5. The lowest BCUT2D eigenvalue weighted by atomic mass is 9.93.